The lowest BCUT2D eigenvalue weighted by Crippen LogP contribution is -2.24. The van der Waals surface area contributed by atoms with E-state index in [4.69, 9.17) is 22.1 Å². The van der Waals surface area contributed by atoms with Crippen molar-refractivity contribution < 1.29 is 9.53 Å². The first kappa shape index (κ1) is 16.2. The van der Waals surface area contributed by atoms with Crippen LogP contribution in [0.3, 0.4) is 0 Å². The summed E-state index contributed by atoms with van der Waals surface area (Å²) in [6, 6.07) is 10.6. The summed E-state index contributed by atoms with van der Waals surface area (Å²) < 4.78 is 5.58. The number of benzene rings is 1. The second-order valence-electron chi connectivity index (χ2n) is 4.80. The molecule has 3 N–H and O–H groups in total. The van der Waals surface area contributed by atoms with Gasteiger partial charge in [0.05, 0.1) is 5.56 Å². The summed E-state index contributed by atoms with van der Waals surface area (Å²) in [5, 5.41) is 5.39. The Morgan fingerprint density at radius 1 is 1.29 bits per heavy atom. The van der Waals surface area contributed by atoms with Crippen molar-refractivity contribution in [3.05, 3.63) is 64.3 Å². The molecule has 0 atom stereocenters. The van der Waals surface area contributed by atoms with Crippen LogP contribution < -0.4 is 15.8 Å². The summed E-state index contributed by atoms with van der Waals surface area (Å²) in [5.74, 6) is 0.590. The topological polar surface area (TPSA) is 90.1 Å². The van der Waals surface area contributed by atoms with Gasteiger partial charge in [0, 0.05) is 18.1 Å². The average Bonchev–Trinajstić information content (AvgIpc) is 2.99. The van der Waals surface area contributed by atoms with E-state index >= 15 is 0 Å². The van der Waals surface area contributed by atoms with Gasteiger partial charge in [-0.3, -0.25) is 4.79 Å². The molecular weight excluding hydrogens is 348 g/mol. The molecule has 0 saturated heterocycles. The highest BCUT2D eigenvalue weighted by atomic mass is 35.5. The van der Waals surface area contributed by atoms with Gasteiger partial charge in [-0.2, -0.15) is 4.98 Å². The van der Waals surface area contributed by atoms with Gasteiger partial charge in [0.2, 0.25) is 0 Å². The lowest BCUT2D eigenvalue weighted by molar-refractivity contribution is 0.0951. The molecule has 0 bridgehead atoms. The fourth-order valence-electron chi connectivity index (χ4n) is 1.95. The maximum absolute atomic E-state index is 12.1. The normalized spacial score (nSPS) is 10.4. The van der Waals surface area contributed by atoms with Crippen LogP contribution in [0.4, 0.5) is 5.82 Å². The predicted molar refractivity (Wildman–Crippen MR) is 93.5 cm³/mol. The number of halogens is 1. The van der Waals surface area contributed by atoms with E-state index in [2.05, 4.69) is 15.3 Å². The van der Waals surface area contributed by atoms with Crippen LogP contribution in [0.2, 0.25) is 5.15 Å². The van der Waals surface area contributed by atoms with Gasteiger partial charge in [0.1, 0.15) is 16.7 Å². The van der Waals surface area contributed by atoms with Crippen LogP contribution in [0, 0.1) is 0 Å². The number of amides is 1. The summed E-state index contributed by atoms with van der Waals surface area (Å²) in [6.45, 7) is 0.372. The van der Waals surface area contributed by atoms with Crippen molar-refractivity contribution in [1.82, 2.24) is 15.3 Å². The first-order chi connectivity index (χ1) is 11.6. The van der Waals surface area contributed by atoms with Gasteiger partial charge < -0.3 is 15.8 Å². The van der Waals surface area contributed by atoms with Crippen molar-refractivity contribution in [2.75, 3.05) is 5.73 Å². The van der Waals surface area contributed by atoms with E-state index in [1.165, 1.54) is 11.3 Å². The number of nitrogens with two attached hydrogens (primary N) is 1. The van der Waals surface area contributed by atoms with Gasteiger partial charge in [-0.15, -0.1) is 0 Å². The van der Waals surface area contributed by atoms with Crippen LogP contribution in [0.25, 0.3) is 0 Å². The molecule has 0 unspecified atom stereocenters. The van der Waals surface area contributed by atoms with Gasteiger partial charge >= 0.3 is 0 Å². The molecule has 1 amide bonds. The van der Waals surface area contributed by atoms with Crippen LogP contribution in [-0.4, -0.2) is 15.9 Å². The Bertz CT molecular complexity index is 851. The molecule has 3 rings (SSSR count). The van der Waals surface area contributed by atoms with E-state index in [-0.39, 0.29) is 11.7 Å². The molecule has 0 aliphatic heterocycles. The second kappa shape index (κ2) is 7.29. The lowest BCUT2D eigenvalue weighted by atomic mass is 10.2. The van der Waals surface area contributed by atoms with Gasteiger partial charge in [-0.1, -0.05) is 35.1 Å². The highest BCUT2D eigenvalue weighted by Gasteiger charge is 2.09. The Labute approximate surface area is 147 Å². The third kappa shape index (κ3) is 4.01. The Morgan fingerprint density at radius 2 is 2.08 bits per heavy atom. The van der Waals surface area contributed by atoms with Crippen LogP contribution in [-0.2, 0) is 6.54 Å². The first-order valence-corrected chi connectivity index (χ1v) is 8.24. The highest BCUT2D eigenvalue weighted by molar-refractivity contribution is 7.11. The zero-order valence-corrected chi connectivity index (χ0v) is 14.0. The number of ether oxygens (including phenoxy) is 1. The third-order valence-electron chi connectivity index (χ3n) is 3.12. The summed E-state index contributed by atoms with van der Waals surface area (Å²) >= 11 is 7.07. The molecule has 2 aromatic heterocycles. The molecule has 24 heavy (non-hydrogen) atoms. The Hall–Kier alpha value is -2.64. The molecule has 3 aromatic rings. The molecule has 6 nitrogen and oxygen atoms in total. The average molecular weight is 361 g/mol. The number of pyridine rings is 1. The number of nitrogens with one attached hydrogen (secondary N) is 1. The predicted octanol–water partition coefficient (Wildman–Crippen LogP) is 3.50. The fourth-order valence-corrected chi connectivity index (χ4v) is 2.76. The third-order valence-corrected chi connectivity index (χ3v) is 4.16. The van der Waals surface area contributed by atoms with Crippen LogP contribution in [0.1, 0.15) is 15.9 Å². The maximum Gasteiger partial charge on any atom is 0.280 e. The summed E-state index contributed by atoms with van der Waals surface area (Å²) in [6.07, 6.45) is 1.54. The van der Waals surface area contributed by atoms with Crippen LogP contribution in [0.5, 0.6) is 10.9 Å². The van der Waals surface area contributed by atoms with Crippen molar-refractivity contribution in [3.63, 3.8) is 0 Å². The van der Waals surface area contributed by atoms with Crippen LogP contribution >= 0.6 is 22.9 Å². The zero-order valence-electron chi connectivity index (χ0n) is 12.4. The number of rotatable bonds is 5. The summed E-state index contributed by atoms with van der Waals surface area (Å²) in [7, 11) is 0. The van der Waals surface area contributed by atoms with Crippen molar-refractivity contribution in [1.29, 1.82) is 0 Å². The van der Waals surface area contributed by atoms with Gasteiger partial charge in [-0.25, -0.2) is 4.98 Å². The van der Waals surface area contributed by atoms with E-state index in [0.717, 1.165) is 5.56 Å². The second-order valence-corrected chi connectivity index (χ2v) is 6.01. The monoisotopic (exact) mass is 360 g/mol. The van der Waals surface area contributed by atoms with Gasteiger partial charge in [-0.05, 0) is 29.8 Å². The number of anilines is 1. The largest absolute Gasteiger partial charge is 0.431 e. The van der Waals surface area contributed by atoms with Crippen molar-refractivity contribution in [2.24, 2.45) is 0 Å². The van der Waals surface area contributed by atoms with E-state index in [0.29, 0.717) is 28.2 Å². The quantitative estimate of drug-likeness (QED) is 0.726. The SMILES string of the molecule is Nc1ncccc1C(=O)NCc1ccc(Oc2nc(Cl)cs2)cc1. The molecule has 2 heterocycles. The lowest BCUT2D eigenvalue weighted by Gasteiger charge is -2.07. The Morgan fingerprint density at radius 3 is 2.75 bits per heavy atom. The minimum Gasteiger partial charge on any atom is -0.431 e. The highest BCUT2D eigenvalue weighted by Crippen LogP contribution is 2.27. The van der Waals surface area contributed by atoms with Crippen molar-refractivity contribution in [2.45, 2.75) is 6.54 Å². The maximum atomic E-state index is 12.1. The number of nitrogens with zero attached hydrogens (tertiary/aromatic N) is 2. The molecule has 0 spiro atoms. The molecule has 0 aliphatic carbocycles. The Balaban J connectivity index is 1.58. The number of nitrogen functional groups attached to an aromatic ring is 1. The van der Waals surface area contributed by atoms with Gasteiger partial charge in [0.25, 0.3) is 11.1 Å². The molecule has 0 fully saturated rings. The van der Waals surface area contributed by atoms with Gasteiger partial charge in [0.15, 0.2) is 0 Å². The summed E-state index contributed by atoms with van der Waals surface area (Å²) in [4.78, 5) is 20.0. The minimum atomic E-state index is -0.265. The molecule has 122 valence electrons. The van der Waals surface area contributed by atoms with Crippen molar-refractivity contribution in [3.8, 4) is 10.9 Å². The number of hydrogen-bond donors (Lipinski definition) is 2. The van der Waals surface area contributed by atoms with E-state index < -0.39 is 0 Å². The fraction of sp³-hybridized carbons (Fsp3) is 0.0625. The summed E-state index contributed by atoms with van der Waals surface area (Å²) in [5.41, 5.74) is 6.97. The van der Waals surface area contributed by atoms with E-state index in [9.17, 15) is 4.79 Å². The molecular formula is C16H13ClN4O2S. The number of hydrogen-bond acceptors (Lipinski definition) is 6. The number of carbonyl (C=O) groups excluding carboxylic acids is 1. The molecule has 0 radical (unpaired) electrons. The molecule has 8 heteroatoms. The number of carbonyl (C=O) groups is 1. The molecule has 0 saturated carbocycles. The standard InChI is InChI=1S/C16H13ClN4O2S/c17-13-9-24-16(21-13)23-11-5-3-10(4-6-11)8-20-15(22)12-2-1-7-19-14(12)18/h1-7,9H,8H2,(H2,18,19)(H,20,22). The van der Waals surface area contributed by atoms with E-state index in [1.54, 1.807) is 35.8 Å². The first-order valence-electron chi connectivity index (χ1n) is 6.98. The van der Waals surface area contributed by atoms with E-state index in [1.807, 2.05) is 12.1 Å². The number of thiazole rings is 1. The zero-order chi connectivity index (χ0) is 16.9. The number of aromatic nitrogens is 2. The van der Waals surface area contributed by atoms with Crippen LogP contribution in [0.15, 0.2) is 48.0 Å². The van der Waals surface area contributed by atoms with Crippen molar-refractivity contribution >= 4 is 34.7 Å². The Kier molecular flexibility index (Phi) is 4.93. The molecule has 0 aliphatic rings. The smallest absolute Gasteiger partial charge is 0.280 e. The minimum absolute atomic E-state index is 0.209. The molecule has 1 aromatic carbocycles.